The van der Waals surface area contributed by atoms with E-state index in [9.17, 15) is 0 Å². The first-order valence-corrected chi connectivity index (χ1v) is 8.69. The third kappa shape index (κ3) is 3.65. The van der Waals surface area contributed by atoms with Crippen molar-refractivity contribution >= 4 is 15.9 Å². The molecule has 1 aromatic carbocycles. The SMILES string of the molecule is CC(C)CNCC1(c2cccc(Br)c2)CC(C(C)C)C1. The summed E-state index contributed by atoms with van der Waals surface area (Å²) in [5, 5.41) is 3.69. The monoisotopic (exact) mass is 337 g/mol. The minimum Gasteiger partial charge on any atom is -0.316 e. The van der Waals surface area contributed by atoms with Crippen molar-refractivity contribution in [2.75, 3.05) is 13.1 Å². The van der Waals surface area contributed by atoms with Crippen molar-refractivity contribution < 1.29 is 0 Å². The van der Waals surface area contributed by atoms with Gasteiger partial charge in [0.1, 0.15) is 0 Å². The van der Waals surface area contributed by atoms with E-state index in [2.05, 4.69) is 73.2 Å². The predicted molar refractivity (Wildman–Crippen MR) is 91.1 cm³/mol. The minimum absolute atomic E-state index is 0.355. The molecule has 0 saturated heterocycles. The molecule has 1 saturated carbocycles. The molecule has 0 unspecified atom stereocenters. The van der Waals surface area contributed by atoms with E-state index in [1.54, 1.807) is 0 Å². The topological polar surface area (TPSA) is 12.0 Å². The van der Waals surface area contributed by atoms with Crippen LogP contribution in [0.5, 0.6) is 0 Å². The normalized spacial score (nSPS) is 26.1. The largest absolute Gasteiger partial charge is 0.316 e. The van der Waals surface area contributed by atoms with Gasteiger partial charge in [-0.1, -0.05) is 55.8 Å². The summed E-state index contributed by atoms with van der Waals surface area (Å²) >= 11 is 3.62. The highest BCUT2D eigenvalue weighted by atomic mass is 79.9. The van der Waals surface area contributed by atoms with Gasteiger partial charge in [0.05, 0.1) is 0 Å². The molecule has 112 valence electrons. The van der Waals surface area contributed by atoms with Gasteiger partial charge in [-0.15, -0.1) is 0 Å². The van der Waals surface area contributed by atoms with Crippen LogP contribution in [0.4, 0.5) is 0 Å². The maximum absolute atomic E-state index is 3.69. The van der Waals surface area contributed by atoms with Crippen LogP contribution in [-0.4, -0.2) is 13.1 Å². The second kappa shape index (κ2) is 6.62. The fourth-order valence-electron chi connectivity index (χ4n) is 3.32. The molecule has 0 bridgehead atoms. The maximum atomic E-state index is 3.69. The maximum Gasteiger partial charge on any atom is 0.0178 e. The van der Waals surface area contributed by atoms with Gasteiger partial charge in [0.2, 0.25) is 0 Å². The van der Waals surface area contributed by atoms with E-state index in [4.69, 9.17) is 0 Å². The van der Waals surface area contributed by atoms with E-state index >= 15 is 0 Å². The molecule has 0 aliphatic heterocycles. The predicted octanol–water partition coefficient (Wildman–Crippen LogP) is 5.00. The van der Waals surface area contributed by atoms with E-state index in [1.165, 1.54) is 22.9 Å². The standard InChI is InChI=1S/C18H28BrN/c1-13(2)11-20-12-18(9-15(10-18)14(3)4)16-6-5-7-17(19)8-16/h5-8,13-15,20H,9-12H2,1-4H3. The average molecular weight is 338 g/mol. The molecule has 1 fully saturated rings. The zero-order valence-corrected chi connectivity index (χ0v) is 14.8. The molecule has 2 heteroatoms. The Bertz CT molecular complexity index is 433. The van der Waals surface area contributed by atoms with Crippen LogP contribution in [0, 0.1) is 17.8 Å². The van der Waals surface area contributed by atoms with Crippen molar-refractivity contribution in [2.24, 2.45) is 17.8 Å². The van der Waals surface area contributed by atoms with Gasteiger partial charge < -0.3 is 5.32 Å². The molecule has 1 aliphatic carbocycles. The first-order valence-electron chi connectivity index (χ1n) is 7.90. The molecule has 1 aliphatic rings. The smallest absolute Gasteiger partial charge is 0.0178 e. The Kier molecular flexibility index (Phi) is 5.30. The molecule has 0 heterocycles. The highest BCUT2D eigenvalue weighted by molar-refractivity contribution is 9.10. The van der Waals surface area contributed by atoms with Crippen LogP contribution in [-0.2, 0) is 5.41 Å². The summed E-state index contributed by atoms with van der Waals surface area (Å²) in [6.45, 7) is 11.5. The van der Waals surface area contributed by atoms with Crippen molar-refractivity contribution in [1.29, 1.82) is 0 Å². The van der Waals surface area contributed by atoms with Gasteiger partial charge in [-0.25, -0.2) is 0 Å². The third-order valence-corrected chi connectivity index (χ3v) is 5.19. The Balaban J connectivity index is 2.10. The summed E-state index contributed by atoms with van der Waals surface area (Å²) in [6.07, 6.45) is 2.65. The fraction of sp³-hybridized carbons (Fsp3) is 0.667. The number of hydrogen-bond acceptors (Lipinski definition) is 1. The Hall–Kier alpha value is -0.340. The molecule has 1 N–H and O–H groups in total. The summed E-state index contributed by atoms with van der Waals surface area (Å²) < 4.78 is 1.20. The molecular formula is C18H28BrN. The second-order valence-corrected chi connectivity index (χ2v) is 8.14. The molecule has 0 radical (unpaired) electrons. The van der Waals surface area contributed by atoms with Gasteiger partial charge in [-0.3, -0.25) is 0 Å². The lowest BCUT2D eigenvalue weighted by molar-refractivity contribution is 0.0970. The van der Waals surface area contributed by atoms with Crippen molar-refractivity contribution in [1.82, 2.24) is 5.32 Å². The lowest BCUT2D eigenvalue weighted by Gasteiger charge is -2.50. The first-order chi connectivity index (χ1) is 9.43. The van der Waals surface area contributed by atoms with Crippen molar-refractivity contribution in [3.8, 4) is 0 Å². The Morgan fingerprint density at radius 3 is 2.50 bits per heavy atom. The summed E-state index contributed by atoms with van der Waals surface area (Å²) in [5.41, 5.74) is 1.85. The van der Waals surface area contributed by atoms with Crippen LogP contribution in [0.2, 0.25) is 0 Å². The van der Waals surface area contributed by atoms with Crippen LogP contribution in [0.1, 0.15) is 46.1 Å². The molecular weight excluding hydrogens is 310 g/mol. The van der Waals surface area contributed by atoms with Crippen LogP contribution in [0.15, 0.2) is 28.7 Å². The molecule has 0 spiro atoms. The number of nitrogens with one attached hydrogen (secondary N) is 1. The Morgan fingerprint density at radius 2 is 1.95 bits per heavy atom. The van der Waals surface area contributed by atoms with Crippen LogP contribution in [0.3, 0.4) is 0 Å². The summed E-state index contributed by atoms with van der Waals surface area (Å²) in [5.74, 6) is 2.41. The Labute approximate surface area is 132 Å². The average Bonchev–Trinajstić information content (AvgIpc) is 2.31. The summed E-state index contributed by atoms with van der Waals surface area (Å²) in [4.78, 5) is 0. The summed E-state index contributed by atoms with van der Waals surface area (Å²) in [7, 11) is 0. The lowest BCUT2D eigenvalue weighted by Crippen LogP contribution is -2.50. The third-order valence-electron chi connectivity index (χ3n) is 4.70. The molecule has 0 amide bonds. The number of benzene rings is 1. The van der Waals surface area contributed by atoms with E-state index in [-0.39, 0.29) is 0 Å². The molecule has 1 aromatic rings. The zero-order valence-electron chi connectivity index (χ0n) is 13.2. The van der Waals surface area contributed by atoms with Crippen LogP contribution >= 0.6 is 15.9 Å². The van der Waals surface area contributed by atoms with E-state index < -0.39 is 0 Å². The lowest BCUT2D eigenvalue weighted by atomic mass is 9.56. The second-order valence-electron chi connectivity index (χ2n) is 7.23. The Morgan fingerprint density at radius 1 is 1.25 bits per heavy atom. The van der Waals surface area contributed by atoms with Crippen molar-refractivity contribution in [3.05, 3.63) is 34.3 Å². The van der Waals surface area contributed by atoms with Crippen molar-refractivity contribution in [3.63, 3.8) is 0 Å². The molecule has 20 heavy (non-hydrogen) atoms. The highest BCUT2D eigenvalue weighted by Gasteiger charge is 2.45. The van der Waals surface area contributed by atoms with Gasteiger partial charge in [0.15, 0.2) is 0 Å². The van der Waals surface area contributed by atoms with Gasteiger partial charge in [-0.2, -0.15) is 0 Å². The van der Waals surface area contributed by atoms with E-state index in [1.807, 2.05) is 0 Å². The molecule has 1 nitrogen and oxygen atoms in total. The highest BCUT2D eigenvalue weighted by Crippen LogP contribution is 2.50. The van der Waals surface area contributed by atoms with Crippen LogP contribution < -0.4 is 5.32 Å². The van der Waals surface area contributed by atoms with Gasteiger partial charge in [0.25, 0.3) is 0 Å². The summed E-state index contributed by atoms with van der Waals surface area (Å²) in [6, 6.07) is 8.91. The fourth-order valence-corrected chi connectivity index (χ4v) is 3.72. The van der Waals surface area contributed by atoms with E-state index in [0.717, 1.165) is 30.8 Å². The van der Waals surface area contributed by atoms with Crippen LogP contribution in [0.25, 0.3) is 0 Å². The van der Waals surface area contributed by atoms with Crippen molar-refractivity contribution in [2.45, 2.75) is 46.0 Å². The number of halogens is 1. The number of hydrogen-bond donors (Lipinski definition) is 1. The molecule has 0 atom stereocenters. The minimum atomic E-state index is 0.355. The van der Waals surface area contributed by atoms with Gasteiger partial charge >= 0.3 is 0 Å². The quantitative estimate of drug-likeness (QED) is 0.770. The molecule has 0 aromatic heterocycles. The van der Waals surface area contributed by atoms with Gasteiger partial charge in [-0.05, 0) is 54.8 Å². The number of rotatable bonds is 6. The molecule has 2 rings (SSSR count). The van der Waals surface area contributed by atoms with Gasteiger partial charge in [0, 0.05) is 16.4 Å². The zero-order chi connectivity index (χ0) is 14.8. The van der Waals surface area contributed by atoms with E-state index in [0.29, 0.717) is 5.41 Å². The first kappa shape index (κ1) is 16.0.